The van der Waals surface area contributed by atoms with E-state index in [1.165, 1.54) is 154 Å². The van der Waals surface area contributed by atoms with Gasteiger partial charge in [-0.05, 0) is 12.8 Å². The van der Waals surface area contributed by atoms with Crippen molar-refractivity contribution < 1.29 is 43.9 Å². The van der Waals surface area contributed by atoms with Crippen LogP contribution in [0.3, 0.4) is 0 Å². The zero-order valence-electron chi connectivity index (χ0n) is 35.6. The molecular formula is C45H87NO9. The Morgan fingerprint density at radius 1 is 0.509 bits per heavy atom. The van der Waals surface area contributed by atoms with Crippen LogP contribution in [0.2, 0.25) is 0 Å². The zero-order chi connectivity index (χ0) is 40.2. The standard InChI is InChI=1S/C45H87NO9/c1-3-5-7-9-11-13-15-17-19-21-23-25-27-29-31-33-40(47)52-36-38(37-53-45-44(51)43(50)42(49)39(35-46)55-45)54-41(48)34-32-30-28-26-24-22-20-18-16-14-12-10-8-6-4-2/h38-39,42-45,49-51H,3-37,46H2,1-2H3/t38?,39-,42-,43+,44-,45+/m1/s1. The maximum absolute atomic E-state index is 12.8. The van der Waals surface area contributed by atoms with E-state index in [-0.39, 0.29) is 32.1 Å². The maximum atomic E-state index is 12.8. The Kier molecular flexibility index (Phi) is 34.8. The predicted octanol–water partition coefficient (Wildman–Crippen LogP) is 9.75. The SMILES string of the molecule is CCCCCCCCCCCCCCCCCC(=O)OCC(CO[C@H]1O[C@H](CN)[C@@H](O)[C@H](O)[C@H]1O)OC(=O)CCCCCCCCCCCCCCCCC. The summed E-state index contributed by atoms with van der Waals surface area (Å²) in [7, 11) is 0. The molecule has 0 aliphatic carbocycles. The van der Waals surface area contributed by atoms with E-state index in [1.807, 2.05) is 0 Å². The molecule has 1 aliphatic heterocycles. The van der Waals surface area contributed by atoms with E-state index >= 15 is 0 Å². The van der Waals surface area contributed by atoms with Gasteiger partial charge in [0.25, 0.3) is 0 Å². The largest absolute Gasteiger partial charge is 0.462 e. The highest BCUT2D eigenvalue weighted by atomic mass is 16.7. The van der Waals surface area contributed by atoms with Crippen LogP contribution in [-0.2, 0) is 28.5 Å². The second-order valence-corrected chi connectivity index (χ2v) is 16.3. The predicted molar refractivity (Wildman–Crippen MR) is 222 cm³/mol. The molecular weight excluding hydrogens is 698 g/mol. The van der Waals surface area contributed by atoms with Crippen LogP contribution in [-0.4, -0.2) is 83.8 Å². The van der Waals surface area contributed by atoms with Crippen molar-refractivity contribution >= 4 is 11.9 Å². The summed E-state index contributed by atoms with van der Waals surface area (Å²) in [6.07, 6.45) is 30.4. The molecule has 0 bridgehead atoms. The van der Waals surface area contributed by atoms with Gasteiger partial charge in [0.1, 0.15) is 31.0 Å². The molecule has 0 aromatic rings. The summed E-state index contributed by atoms with van der Waals surface area (Å²) in [5.74, 6) is -0.754. The van der Waals surface area contributed by atoms with Crippen molar-refractivity contribution in [3.05, 3.63) is 0 Å². The average molecular weight is 786 g/mol. The van der Waals surface area contributed by atoms with E-state index in [0.29, 0.717) is 6.42 Å². The molecule has 1 heterocycles. The van der Waals surface area contributed by atoms with Gasteiger partial charge in [-0.1, -0.05) is 194 Å². The lowest BCUT2D eigenvalue weighted by atomic mass is 9.99. The molecule has 1 aliphatic rings. The molecule has 0 radical (unpaired) electrons. The molecule has 0 aromatic carbocycles. The van der Waals surface area contributed by atoms with Gasteiger partial charge in [-0.3, -0.25) is 9.59 Å². The molecule has 0 spiro atoms. The van der Waals surface area contributed by atoms with Gasteiger partial charge in [0.15, 0.2) is 12.4 Å². The number of aliphatic hydroxyl groups excluding tert-OH is 3. The van der Waals surface area contributed by atoms with Gasteiger partial charge in [-0.2, -0.15) is 0 Å². The smallest absolute Gasteiger partial charge is 0.306 e. The molecule has 6 atom stereocenters. The van der Waals surface area contributed by atoms with Gasteiger partial charge in [0.2, 0.25) is 0 Å². The molecule has 10 heteroatoms. The Hall–Kier alpha value is -1.30. The lowest BCUT2D eigenvalue weighted by Gasteiger charge is -2.40. The molecule has 0 aromatic heterocycles. The Balaban J connectivity index is 2.30. The fraction of sp³-hybridized carbons (Fsp3) is 0.956. The number of aliphatic hydroxyl groups is 3. The summed E-state index contributed by atoms with van der Waals surface area (Å²) in [5, 5.41) is 30.7. The maximum Gasteiger partial charge on any atom is 0.306 e. The molecule has 10 nitrogen and oxygen atoms in total. The number of carbonyl (C=O) groups is 2. The lowest BCUT2D eigenvalue weighted by molar-refractivity contribution is -0.299. The number of carbonyl (C=O) groups excluding carboxylic acids is 2. The van der Waals surface area contributed by atoms with Gasteiger partial charge in [-0.25, -0.2) is 0 Å². The third-order valence-corrected chi connectivity index (χ3v) is 11.0. The van der Waals surface area contributed by atoms with E-state index in [2.05, 4.69) is 13.8 Å². The Morgan fingerprint density at radius 3 is 1.25 bits per heavy atom. The van der Waals surface area contributed by atoms with Crippen molar-refractivity contribution in [2.45, 2.75) is 256 Å². The summed E-state index contributed by atoms with van der Waals surface area (Å²) < 4.78 is 22.4. The zero-order valence-corrected chi connectivity index (χ0v) is 35.6. The van der Waals surface area contributed by atoms with Gasteiger partial charge < -0.3 is 40.0 Å². The van der Waals surface area contributed by atoms with E-state index < -0.39 is 42.8 Å². The summed E-state index contributed by atoms with van der Waals surface area (Å²) in [5.41, 5.74) is 5.65. The van der Waals surface area contributed by atoms with Crippen LogP contribution in [0.5, 0.6) is 0 Å². The van der Waals surface area contributed by atoms with Crippen LogP contribution >= 0.6 is 0 Å². The molecule has 326 valence electrons. The summed E-state index contributed by atoms with van der Waals surface area (Å²) in [6, 6.07) is 0. The number of ether oxygens (including phenoxy) is 4. The molecule has 1 unspecified atom stereocenters. The minimum atomic E-state index is -1.53. The van der Waals surface area contributed by atoms with E-state index in [4.69, 9.17) is 24.7 Å². The molecule has 5 N–H and O–H groups in total. The van der Waals surface area contributed by atoms with Gasteiger partial charge in [0, 0.05) is 19.4 Å². The third kappa shape index (κ3) is 28.7. The van der Waals surface area contributed by atoms with E-state index in [1.54, 1.807) is 0 Å². The fourth-order valence-electron chi connectivity index (χ4n) is 7.35. The number of esters is 2. The van der Waals surface area contributed by atoms with Crippen LogP contribution < -0.4 is 5.73 Å². The highest BCUT2D eigenvalue weighted by Crippen LogP contribution is 2.22. The normalized spacial score (nSPS) is 20.4. The van der Waals surface area contributed by atoms with Crippen molar-refractivity contribution in [3.8, 4) is 0 Å². The Labute approximate surface area is 336 Å². The van der Waals surface area contributed by atoms with E-state index in [0.717, 1.165) is 38.5 Å². The van der Waals surface area contributed by atoms with Crippen molar-refractivity contribution in [2.24, 2.45) is 5.73 Å². The molecule has 55 heavy (non-hydrogen) atoms. The number of hydrogen-bond acceptors (Lipinski definition) is 10. The first-order valence-corrected chi connectivity index (χ1v) is 23.2. The molecule has 1 saturated heterocycles. The van der Waals surface area contributed by atoms with Gasteiger partial charge in [0.05, 0.1) is 6.61 Å². The van der Waals surface area contributed by atoms with Gasteiger partial charge in [-0.15, -0.1) is 0 Å². The first kappa shape index (κ1) is 51.7. The van der Waals surface area contributed by atoms with E-state index in [9.17, 15) is 24.9 Å². The summed E-state index contributed by atoms with van der Waals surface area (Å²) in [4.78, 5) is 25.4. The molecule has 0 amide bonds. The summed E-state index contributed by atoms with van der Waals surface area (Å²) >= 11 is 0. The van der Waals surface area contributed by atoms with Crippen LogP contribution in [0.25, 0.3) is 0 Å². The Morgan fingerprint density at radius 2 is 0.873 bits per heavy atom. The van der Waals surface area contributed by atoms with Crippen molar-refractivity contribution in [2.75, 3.05) is 19.8 Å². The molecule has 1 fully saturated rings. The van der Waals surface area contributed by atoms with Crippen LogP contribution in [0, 0.1) is 0 Å². The monoisotopic (exact) mass is 786 g/mol. The van der Waals surface area contributed by atoms with Gasteiger partial charge >= 0.3 is 11.9 Å². The average Bonchev–Trinajstić information content (AvgIpc) is 3.18. The first-order chi connectivity index (χ1) is 26.8. The van der Waals surface area contributed by atoms with Crippen LogP contribution in [0.4, 0.5) is 0 Å². The lowest BCUT2D eigenvalue weighted by Crippen LogP contribution is -2.60. The van der Waals surface area contributed by atoms with Crippen LogP contribution in [0.1, 0.15) is 219 Å². The topological polar surface area (TPSA) is 158 Å². The van der Waals surface area contributed by atoms with Crippen molar-refractivity contribution in [1.29, 1.82) is 0 Å². The number of nitrogens with two attached hydrogens (primary N) is 1. The quantitative estimate of drug-likeness (QED) is 0.0349. The Bertz CT molecular complexity index is 875. The number of hydrogen-bond donors (Lipinski definition) is 4. The van der Waals surface area contributed by atoms with Crippen molar-refractivity contribution in [3.63, 3.8) is 0 Å². The number of unbranched alkanes of at least 4 members (excludes halogenated alkanes) is 28. The second kappa shape index (κ2) is 37.0. The van der Waals surface area contributed by atoms with Crippen LogP contribution in [0.15, 0.2) is 0 Å². The first-order valence-electron chi connectivity index (χ1n) is 23.2. The molecule has 0 saturated carbocycles. The number of rotatable bonds is 39. The molecule has 1 rings (SSSR count). The summed E-state index contributed by atoms with van der Waals surface area (Å²) in [6.45, 7) is 4.03. The second-order valence-electron chi connectivity index (χ2n) is 16.3. The minimum Gasteiger partial charge on any atom is -0.462 e. The fourth-order valence-corrected chi connectivity index (χ4v) is 7.35. The highest BCUT2D eigenvalue weighted by molar-refractivity contribution is 5.70. The van der Waals surface area contributed by atoms with Crippen molar-refractivity contribution in [1.82, 2.24) is 0 Å². The third-order valence-electron chi connectivity index (χ3n) is 11.0. The highest BCUT2D eigenvalue weighted by Gasteiger charge is 2.44. The minimum absolute atomic E-state index is 0.0839.